The summed E-state index contributed by atoms with van der Waals surface area (Å²) < 4.78 is 40.6. The summed E-state index contributed by atoms with van der Waals surface area (Å²) in [4.78, 5) is 50.9. The maximum atomic E-state index is 13.1. The van der Waals surface area contributed by atoms with Crippen LogP contribution in [-0.2, 0) is 0 Å². The zero-order valence-electron chi connectivity index (χ0n) is 32.8. The molecule has 0 amide bonds. The minimum atomic E-state index is -0.720. The number of hydrogen-bond donors (Lipinski definition) is 0. The van der Waals surface area contributed by atoms with Crippen molar-refractivity contribution in [3.8, 4) is 28.7 Å². The number of carbonyl (C=O) groups is 4. The Morgan fingerprint density at radius 2 is 0.759 bits per heavy atom. The van der Waals surface area contributed by atoms with Gasteiger partial charge in [0.05, 0.1) is 28.9 Å². The third kappa shape index (κ3) is 14.3. The number of rotatable bonds is 22. The van der Waals surface area contributed by atoms with Gasteiger partial charge in [-0.2, -0.15) is 0 Å². The molecule has 0 unspecified atom stereocenters. The van der Waals surface area contributed by atoms with Crippen LogP contribution >= 0.6 is 0 Å². The van der Waals surface area contributed by atoms with Crippen LogP contribution in [0.4, 0.5) is 4.39 Å². The number of halogens is 1. The molecule has 0 spiro atoms. The molecule has 10 heteroatoms. The van der Waals surface area contributed by atoms with Crippen molar-refractivity contribution in [2.45, 2.75) is 84.0 Å². The second-order valence-electron chi connectivity index (χ2n) is 13.9. The smallest absolute Gasteiger partial charge is 0.343 e. The zero-order valence-corrected chi connectivity index (χ0v) is 32.8. The normalized spacial score (nSPS) is 10.7. The van der Waals surface area contributed by atoms with E-state index in [1.54, 1.807) is 24.3 Å². The van der Waals surface area contributed by atoms with E-state index in [2.05, 4.69) is 6.92 Å². The molecule has 5 aromatic rings. The predicted molar refractivity (Wildman–Crippen MR) is 219 cm³/mol. The average molecular weight is 789 g/mol. The van der Waals surface area contributed by atoms with E-state index in [-0.39, 0.29) is 39.7 Å². The number of esters is 4. The first kappa shape index (κ1) is 42.8. The molecule has 0 fully saturated rings. The molecule has 0 heterocycles. The van der Waals surface area contributed by atoms with E-state index in [9.17, 15) is 23.6 Å². The first-order valence-corrected chi connectivity index (χ1v) is 19.9. The summed E-state index contributed by atoms with van der Waals surface area (Å²) in [5.74, 6) is -1.68. The van der Waals surface area contributed by atoms with E-state index in [0.717, 1.165) is 12.8 Å². The molecule has 0 bridgehead atoms. The first-order valence-electron chi connectivity index (χ1n) is 19.9. The van der Waals surface area contributed by atoms with Crippen LogP contribution in [0, 0.1) is 5.82 Å². The van der Waals surface area contributed by atoms with E-state index in [1.165, 1.54) is 161 Å². The first-order chi connectivity index (χ1) is 28.3. The highest BCUT2D eigenvalue weighted by Crippen LogP contribution is 2.22. The minimum Gasteiger partial charge on any atom is -0.494 e. The lowest BCUT2D eigenvalue weighted by Crippen LogP contribution is -2.12. The molecule has 0 aliphatic rings. The van der Waals surface area contributed by atoms with Crippen molar-refractivity contribution in [2.75, 3.05) is 6.61 Å². The number of benzene rings is 5. The highest BCUT2D eigenvalue weighted by molar-refractivity contribution is 5.94. The van der Waals surface area contributed by atoms with Gasteiger partial charge >= 0.3 is 23.9 Å². The molecule has 5 rings (SSSR count). The molecule has 0 aliphatic carbocycles. The Hall–Kier alpha value is -6.29. The summed E-state index contributed by atoms with van der Waals surface area (Å²) in [6.07, 6.45) is 15.4. The van der Waals surface area contributed by atoms with Gasteiger partial charge in [0.1, 0.15) is 34.6 Å². The molecule has 0 aromatic heterocycles. The van der Waals surface area contributed by atoms with Gasteiger partial charge in [0.25, 0.3) is 0 Å². The fourth-order valence-corrected chi connectivity index (χ4v) is 5.99. The van der Waals surface area contributed by atoms with Crippen LogP contribution in [0.3, 0.4) is 0 Å². The molecule has 0 atom stereocenters. The molecule has 9 nitrogen and oxygen atoms in total. The van der Waals surface area contributed by atoms with Gasteiger partial charge in [0.2, 0.25) is 0 Å². The Kier molecular flexibility index (Phi) is 17.0. The molecule has 0 saturated carbocycles. The van der Waals surface area contributed by atoms with E-state index < -0.39 is 29.7 Å². The van der Waals surface area contributed by atoms with Gasteiger partial charge in [-0.3, -0.25) is 0 Å². The number of hydrogen-bond acceptors (Lipinski definition) is 9. The highest BCUT2D eigenvalue weighted by Gasteiger charge is 2.16. The van der Waals surface area contributed by atoms with Gasteiger partial charge < -0.3 is 23.7 Å². The maximum Gasteiger partial charge on any atom is 0.343 e. The van der Waals surface area contributed by atoms with Crippen LogP contribution in [0.5, 0.6) is 28.7 Å². The summed E-state index contributed by atoms with van der Waals surface area (Å²) in [7, 11) is 0. The van der Waals surface area contributed by atoms with Gasteiger partial charge in [0, 0.05) is 0 Å². The monoisotopic (exact) mass is 788 g/mol. The molecule has 0 aliphatic heterocycles. The number of unbranched alkanes of at least 4 members (excludes halogenated alkanes) is 11. The molecule has 0 saturated heterocycles. The standard InChI is InChI=1S/C48H49FO9/c1-2-3-4-5-6-7-8-9-10-11-12-13-33-54-40-25-17-35(18-26-40)45(50)55-41-27-21-37(22-28-41)47(52)58-44-16-14-15-38(34-44)48(53)57-42-29-19-36(20-30-42)46(51)56-43-31-23-39(49)24-32-43/h14-32,34H,2-13,33H2,1H3. The second-order valence-corrected chi connectivity index (χ2v) is 13.9. The van der Waals surface area contributed by atoms with Gasteiger partial charge in [-0.05, 0) is 122 Å². The largest absolute Gasteiger partial charge is 0.494 e. The maximum absolute atomic E-state index is 13.1. The second kappa shape index (κ2) is 23.1. The van der Waals surface area contributed by atoms with Crippen LogP contribution in [0.2, 0.25) is 0 Å². The molecule has 5 aromatic carbocycles. The van der Waals surface area contributed by atoms with E-state index in [1.807, 2.05) is 0 Å². The summed E-state index contributed by atoms with van der Waals surface area (Å²) in [5, 5.41) is 0. The molecular weight excluding hydrogens is 740 g/mol. The Bertz CT molecular complexity index is 2060. The Labute approximate surface area is 339 Å². The summed E-state index contributed by atoms with van der Waals surface area (Å²) in [6.45, 7) is 2.88. The van der Waals surface area contributed by atoms with Crippen LogP contribution < -0.4 is 23.7 Å². The minimum absolute atomic E-state index is 0.107. The lowest BCUT2D eigenvalue weighted by Gasteiger charge is -2.09. The van der Waals surface area contributed by atoms with Crippen LogP contribution in [0.1, 0.15) is 125 Å². The SMILES string of the molecule is CCCCCCCCCCCCCCOc1ccc(C(=O)Oc2ccc(C(=O)Oc3cccc(C(=O)Oc4ccc(C(=O)Oc5ccc(F)cc5)cc4)c3)cc2)cc1. The van der Waals surface area contributed by atoms with Gasteiger partial charge in [0.15, 0.2) is 0 Å². The van der Waals surface area contributed by atoms with E-state index >= 15 is 0 Å². The van der Waals surface area contributed by atoms with Crippen molar-refractivity contribution in [1.29, 1.82) is 0 Å². The predicted octanol–water partition coefficient (Wildman–Crippen LogP) is 11.8. The highest BCUT2D eigenvalue weighted by atomic mass is 19.1. The molecule has 58 heavy (non-hydrogen) atoms. The number of ether oxygens (including phenoxy) is 5. The van der Waals surface area contributed by atoms with Crippen molar-refractivity contribution in [1.82, 2.24) is 0 Å². The lowest BCUT2D eigenvalue weighted by atomic mass is 10.1. The third-order valence-electron chi connectivity index (χ3n) is 9.26. The van der Waals surface area contributed by atoms with Gasteiger partial charge in [-0.1, -0.05) is 83.6 Å². The summed E-state index contributed by atoms with van der Waals surface area (Å²) in [5.41, 5.74) is 0.867. The van der Waals surface area contributed by atoms with Crippen LogP contribution in [-0.4, -0.2) is 30.5 Å². The quantitative estimate of drug-likeness (QED) is 0.0384. The molecule has 302 valence electrons. The number of carbonyl (C=O) groups excluding carboxylic acids is 4. The average Bonchev–Trinajstić information content (AvgIpc) is 3.24. The molecule has 0 radical (unpaired) electrons. The Morgan fingerprint density at radius 1 is 0.397 bits per heavy atom. The summed E-state index contributed by atoms with van der Waals surface area (Å²) >= 11 is 0. The van der Waals surface area contributed by atoms with E-state index in [4.69, 9.17) is 23.7 Å². The summed E-state index contributed by atoms with van der Waals surface area (Å²) in [6, 6.07) is 29.4. The lowest BCUT2D eigenvalue weighted by molar-refractivity contribution is 0.0712. The van der Waals surface area contributed by atoms with Crippen molar-refractivity contribution < 1.29 is 47.3 Å². The van der Waals surface area contributed by atoms with Gasteiger partial charge in [-0.25, -0.2) is 23.6 Å². The Balaban J connectivity index is 1.00. The van der Waals surface area contributed by atoms with Gasteiger partial charge in [-0.15, -0.1) is 0 Å². The van der Waals surface area contributed by atoms with Crippen molar-refractivity contribution >= 4 is 23.9 Å². The molecular formula is C48H49FO9. The van der Waals surface area contributed by atoms with Crippen molar-refractivity contribution in [3.05, 3.63) is 149 Å². The third-order valence-corrected chi connectivity index (χ3v) is 9.26. The van der Waals surface area contributed by atoms with Crippen molar-refractivity contribution in [3.63, 3.8) is 0 Å². The van der Waals surface area contributed by atoms with Crippen LogP contribution in [0.15, 0.2) is 121 Å². The zero-order chi connectivity index (χ0) is 41.0. The van der Waals surface area contributed by atoms with Crippen molar-refractivity contribution in [2.24, 2.45) is 0 Å². The van der Waals surface area contributed by atoms with E-state index in [0.29, 0.717) is 17.9 Å². The van der Waals surface area contributed by atoms with Crippen LogP contribution in [0.25, 0.3) is 0 Å². The fraction of sp³-hybridized carbons (Fsp3) is 0.292. The fourth-order valence-electron chi connectivity index (χ4n) is 5.99. The topological polar surface area (TPSA) is 114 Å². The Morgan fingerprint density at radius 3 is 1.21 bits per heavy atom. The molecule has 0 N–H and O–H groups in total.